The lowest BCUT2D eigenvalue weighted by atomic mass is 9.45. The number of aliphatic hydroxyl groups excluding tert-OH is 2. The number of rotatable bonds is 14. The molecule has 0 radical (unpaired) electrons. The summed E-state index contributed by atoms with van der Waals surface area (Å²) in [6.45, 7) is 10.1. The molecule has 2 aliphatic heterocycles. The van der Waals surface area contributed by atoms with E-state index in [1.165, 1.54) is 6.42 Å². The smallest absolute Gasteiger partial charge is 0.252 e. The Morgan fingerprint density at radius 2 is 1.75 bits per heavy atom. The Bertz CT molecular complexity index is 2000. The molecule has 0 spiro atoms. The zero-order valence-electron chi connectivity index (χ0n) is 36.1. The molecular formula is C47H63N5O8. The second kappa shape index (κ2) is 18.2. The highest BCUT2D eigenvalue weighted by atomic mass is 16.7. The quantitative estimate of drug-likeness (QED) is 0.185. The highest BCUT2D eigenvalue weighted by molar-refractivity contribution is 6.00. The first-order valence-corrected chi connectivity index (χ1v) is 21.4. The largest absolute Gasteiger partial charge is 0.496 e. The SMILES string of the molecule is COc1c(CN2O[C@@H](CO)[C@H]([C@H](C)O)[C@H]2C(=O)N[C@H]2C[C@@H]3C[C@@H]([C@@H]2C)C3(C)C)cccc1-c1cc(C(=O)N[C@@H](Cc2ccccc2)C(=O)N2CCOCC2)cc(N(C)C)c1. The van der Waals surface area contributed by atoms with Gasteiger partial charge in [-0.25, -0.2) is 0 Å². The molecule has 9 atom stereocenters. The van der Waals surface area contributed by atoms with Crippen LogP contribution in [-0.2, 0) is 32.1 Å². The summed E-state index contributed by atoms with van der Waals surface area (Å²) in [4.78, 5) is 52.4. The molecule has 3 aromatic carbocycles. The van der Waals surface area contributed by atoms with Crippen LogP contribution >= 0.6 is 0 Å². The number of carbonyl (C=O) groups excluding carboxylic acids is 3. The number of ether oxygens (including phenoxy) is 2. The predicted molar refractivity (Wildman–Crippen MR) is 229 cm³/mol. The fourth-order valence-corrected chi connectivity index (χ4v) is 10.3. The average molecular weight is 826 g/mol. The van der Waals surface area contributed by atoms with E-state index in [0.29, 0.717) is 78.5 Å². The first-order chi connectivity index (χ1) is 28.7. The van der Waals surface area contributed by atoms with E-state index >= 15 is 0 Å². The van der Waals surface area contributed by atoms with E-state index in [-0.39, 0.29) is 42.3 Å². The highest BCUT2D eigenvalue weighted by Gasteiger charge is 2.57. The molecule has 13 heteroatoms. The van der Waals surface area contributed by atoms with Gasteiger partial charge >= 0.3 is 0 Å². The van der Waals surface area contributed by atoms with E-state index < -0.39 is 30.2 Å². The Morgan fingerprint density at radius 3 is 2.38 bits per heavy atom. The molecule has 3 aromatic rings. The van der Waals surface area contributed by atoms with Crippen molar-refractivity contribution in [2.24, 2.45) is 29.1 Å². The number of morpholine rings is 1. The van der Waals surface area contributed by atoms with E-state index in [1.54, 1.807) is 36.1 Å². The minimum atomic E-state index is -0.929. The van der Waals surface area contributed by atoms with E-state index in [9.17, 15) is 24.6 Å². The lowest BCUT2D eigenvalue weighted by Gasteiger charge is -2.62. The van der Waals surface area contributed by atoms with Gasteiger partial charge in [-0.1, -0.05) is 69.3 Å². The van der Waals surface area contributed by atoms with Crippen molar-refractivity contribution in [3.63, 3.8) is 0 Å². The molecule has 324 valence electrons. The summed E-state index contributed by atoms with van der Waals surface area (Å²) < 4.78 is 11.6. The van der Waals surface area contributed by atoms with E-state index in [0.717, 1.165) is 17.7 Å². The van der Waals surface area contributed by atoms with Gasteiger partial charge in [0, 0.05) is 67.9 Å². The number of nitrogens with one attached hydrogen (secondary N) is 2. The van der Waals surface area contributed by atoms with E-state index in [1.807, 2.05) is 73.6 Å². The molecule has 5 fully saturated rings. The van der Waals surface area contributed by atoms with Crippen molar-refractivity contribution < 1.29 is 38.9 Å². The topological polar surface area (TPSA) is 153 Å². The van der Waals surface area contributed by atoms with Crippen LogP contribution in [0.4, 0.5) is 5.69 Å². The summed E-state index contributed by atoms with van der Waals surface area (Å²) >= 11 is 0. The van der Waals surface area contributed by atoms with Crippen LogP contribution in [0.15, 0.2) is 66.7 Å². The van der Waals surface area contributed by atoms with Crippen LogP contribution in [0.5, 0.6) is 5.75 Å². The number of amides is 3. The monoisotopic (exact) mass is 825 g/mol. The summed E-state index contributed by atoms with van der Waals surface area (Å²) in [5.41, 5.74) is 4.48. The minimum absolute atomic E-state index is 0.0123. The number of hydroxylamine groups is 2. The lowest BCUT2D eigenvalue weighted by Crippen LogP contribution is -2.62. The van der Waals surface area contributed by atoms with Crippen LogP contribution in [0.2, 0.25) is 0 Å². The van der Waals surface area contributed by atoms with Gasteiger partial charge in [-0.2, -0.15) is 5.06 Å². The van der Waals surface area contributed by atoms with Crippen LogP contribution in [0, 0.1) is 29.1 Å². The maximum absolute atomic E-state index is 14.3. The molecule has 0 unspecified atom stereocenters. The summed E-state index contributed by atoms with van der Waals surface area (Å²) in [5.74, 6) is 0.483. The van der Waals surface area contributed by atoms with Gasteiger partial charge in [0.25, 0.3) is 5.91 Å². The molecular weight excluding hydrogens is 763 g/mol. The van der Waals surface area contributed by atoms with Crippen molar-refractivity contribution in [3.05, 3.63) is 83.4 Å². The standard InChI is InChI=1S/C47H63N5O8/c1-28-37-24-34(47(37,3)4)25-38(28)48-45(56)42-41(29(2)54)40(27-53)60-52(42)26-31-14-11-15-36(43(31)58-7)32-21-33(23-35(22-32)50(5)6)44(55)49-39(20-30-12-9-8-10-13-30)46(57)51-16-18-59-19-17-51/h8-15,21-23,28-29,34,37-42,53-54H,16-20,24-27H2,1-7H3,(H,48,56)(H,49,55)/t28-,29-,34-,37-,38-,39-,40-,41-,42-/m0/s1. The van der Waals surface area contributed by atoms with Crippen LogP contribution in [0.25, 0.3) is 11.1 Å². The highest BCUT2D eigenvalue weighted by Crippen LogP contribution is 2.61. The van der Waals surface area contributed by atoms with Gasteiger partial charge in [0.1, 0.15) is 23.9 Å². The van der Waals surface area contributed by atoms with Gasteiger partial charge in [0.15, 0.2) is 0 Å². The Balaban J connectivity index is 1.17. The third-order valence-corrected chi connectivity index (χ3v) is 13.9. The van der Waals surface area contributed by atoms with Gasteiger partial charge in [-0.15, -0.1) is 0 Å². The molecule has 8 rings (SSSR count). The molecule has 2 heterocycles. The van der Waals surface area contributed by atoms with Gasteiger partial charge in [0.2, 0.25) is 11.8 Å². The van der Waals surface area contributed by atoms with E-state index in [2.05, 4.69) is 31.4 Å². The Kier molecular flexibility index (Phi) is 13.2. The van der Waals surface area contributed by atoms with Crippen LogP contribution in [0.3, 0.4) is 0 Å². The number of methoxy groups -OCH3 is 1. The summed E-state index contributed by atoms with van der Waals surface area (Å²) in [7, 11) is 5.38. The third kappa shape index (κ3) is 8.78. The summed E-state index contributed by atoms with van der Waals surface area (Å²) in [6.07, 6.45) is 0.715. The first-order valence-electron chi connectivity index (χ1n) is 21.4. The number of anilines is 1. The lowest BCUT2D eigenvalue weighted by molar-refractivity contribution is -0.183. The van der Waals surface area contributed by atoms with Crippen LogP contribution < -0.4 is 20.3 Å². The second-order valence-electron chi connectivity index (χ2n) is 18.0. The van der Waals surface area contributed by atoms with E-state index in [4.69, 9.17) is 14.3 Å². The number of carbonyl (C=O) groups is 3. The third-order valence-electron chi connectivity index (χ3n) is 13.9. The molecule has 13 nitrogen and oxygen atoms in total. The van der Waals surface area contributed by atoms with Crippen molar-refractivity contribution in [2.75, 3.05) is 59.0 Å². The fourth-order valence-electron chi connectivity index (χ4n) is 10.3. The Morgan fingerprint density at radius 1 is 1.02 bits per heavy atom. The predicted octanol–water partition coefficient (Wildman–Crippen LogP) is 4.29. The number of benzene rings is 3. The van der Waals surface area contributed by atoms with Gasteiger partial charge in [-0.05, 0) is 72.3 Å². The first kappa shape index (κ1) is 43.6. The summed E-state index contributed by atoms with van der Waals surface area (Å²) in [5, 5.41) is 29.4. The van der Waals surface area contributed by atoms with Crippen molar-refractivity contribution in [1.82, 2.24) is 20.6 Å². The molecule has 3 amide bonds. The molecule has 0 aromatic heterocycles. The van der Waals surface area contributed by atoms with Crippen molar-refractivity contribution in [2.45, 2.75) is 83.8 Å². The normalized spacial score (nSPS) is 27.0. The van der Waals surface area contributed by atoms with Crippen molar-refractivity contribution in [1.29, 1.82) is 0 Å². The molecule has 60 heavy (non-hydrogen) atoms. The van der Waals surface area contributed by atoms with Crippen LogP contribution in [0.1, 0.15) is 62.0 Å². The molecule has 2 bridgehead atoms. The maximum Gasteiger partial charge on any atom is 0.252 e. The summed E-state index contributed by atoms with van der Waals surface area (Å²) in [6, 6.07) is 19.3. The number of hydrogen-bond donors (Lipinski definition) is 4. The van der Waals surface area contributed by atoms with Gasteiger partial charge in [-0.3, -0.25) is 19.2 Å². The number of nitrogens with zero attached hydrogens (tertiary/aromatic N) is 3. The second-order valence-corrected chi connectivity index (χ2v) is 18.0. The maximum atomic E-state index is 14.3. The Hall–Kier alpha value is -4.53. The fraction of sp³-hybridized carbons (Fsp3) is 0.553. The molecule has 2 saturated heterocycles. The van der Waals surface area contributed by atoms with Crippen molar-refractivity contribution >= 4 is 23.4 Å². The number of para-hydroxylation sites is 1. The van der Waals surface area contributed by atoms with Gasteiger partial charge < -0.3 is 40.1 Å². The number of aliphatic hydroxyl groups is 2. The molecule has 3 saturated carbocycles. The minimum Gasteiger partial charge on any atom is -0.496 e. The Labute approximate surface area is 354 Å². The van der Waals surface area contributed by atoms with Gasteiger partial charge in [0.05, 0.1) is 39.6 Å². The van der Waals surface area contributed by atoms with Crippen molar-refractivity contribution in [3.8, 4) is 16.9 Å². The average Bonchev–Trinajstić information content (AvgIpc) is 3.62. The van der Waals surface area contributed by atoms with Crippen LogP contribution in [-0.4, -0.2) is 122 Å². The molecule has 5 aliphatic rings. The number of hydrogen-bond acceptors (Lipinski definition) is 10. The zero-order valence-corrected chi connectivity index (χ0v) is 36.1. The molecule has 3 aliphatic carbocycles. The number of fused-ring (bicyclic) bond motifs is 2. The molecule has 4 N–H and O–H groups in total. The zero-order chi connectivity index (χ0) is 42.9.